The number of carbonyl (C=O) groups excluding carboxylic acids is 1. The van der Waals surface area contributed by atoms with Crippen LogP contribution in [0, 0.1) is 0 Å². The van der Waals surface area contributed by atoms with E-state index < -0.39 is 0 Å². The van der Waals surface area contributed by atoms with Crippen LogP contribution in [0.25, 0.3) is 6.08 Å². The second-order valence-electron chi connectivity index (χ2n) is 5.29. The normalized spacial score (nSPS) is 11.3. The number of nitrogens with zero attached hydrogens (tertiary/aromatic N) is 1. The summed E-state index contributed by atoms with van der Waals surface area (Å²) in [5, 5.41) is 0. The van der Waals surface area contributed by atoms with Crippen LogP contribution < -0.4 is 4.90 Å². The van der Waals surface area contributed by atoms with Gasteiger partial charge in [0.1, 0.15) is 0 Å². The van der Waals surface area contributed by atoms with Crippen molar-refractivity contribution in [1.29, 1.82) is 0 Å². The van der Waals surface area contributed by atoms with Crippen molar-refractivity contribution in [1.82, 2.24) is 0 Å². The minimum absolute atomic E-state index is 0.0772. The first-order valence-electron chi connectivity index (χ1n) is 7.78. The van der Waals surface area contributed by atoms with E-state index >= 15 is 0 Å². The van der Waals surface area contributed by atoms with Crippen molar-refractivity contribution in [3.8, 4) is 0 Å². The summed E-state index contributed by atoms with van der Waals surface area (Å²) in [6, 6.07) is 17.7. The number of rotatable bonds is 6. The van der Waals surface area contributed by atoms with E-state index in [2.05, 4.69) is 43.0 Å². The fraction of sp³-hybridized carbons (Fsp3) is 0.250. The molecular formula is C20H23NO. The first-order valence-corrected chi connectivity index (χ1v) is 7.78. The third-order valence-electron chi connectivity index (χ3n) is 3.80. The Morgan fingerprint density at radius 1 is 0.955 bits per heavy atom. The van der Waals surface area contributed by atoms with Crippen molar-refractivity contribution in [3.05, 3.63) is 71.3 Å². The maximum absolute atomic E-state index is 12.3. The molecule has 0 fully saturated rings. The third kappa shape index (κ3) is 3.85. The molecule has 0 amide bonds. The van der Waals surface area contributed by atoms with Gasteiger partial charge in [0.2, 0.25) is 0 Å². The monoisotopic (exact) mass is 293 g/mol. The van der Waals surface area contributed by atoms with E-state index in [4.69, 9.17) is 0 Å². The fourth-order valence-electron chi connectivity index (χ4n) is 2.50. The van der Waals surface area contributed by atoms with Crippen LogP contribution >= 0.6 is 0 Å². The zero-order valence-corrected chi connectivity index (χ0v) is 13.5. The standard InChI is InChI=1S/C20H23NO/c1-4-21(5-2)19-13-11-17(12-14-19)15-16(3)20(22)18-9-7-6-8-10-18/h6-15H,4-5H2,1-3H3. The number of hydrogen-bond acceptors (Lipinski definition) is 2. The van der Waals surface area contributed by atoms with E-state index in [-0.39, 0.29) is 5.78 Å². The van der Waals surface area contributed by atoms with Crippen LogP contribution in [0.4, 0.5) is 5.69 Å². The molecule has 0 atom stereocenters. The number of Topliss-reactive ketones (excluding diaryl/α,β-unsaturated/α-hetero) is 1. The molecule has 2 nitrogen and oxygen atoms in total. The second kappa shape index (κ2) is 7.60. The molecule has 0 N–H and O–H groups in total. The molecule has 2 heteroatoms. The number of benzene rings is 2. The Kier molecular flexibility index (Phi) is 5.54. The average molecular weight is 293 g/mol. The van der Waals surface area contributed by atoms with Crippen LogP contribution in [0.5, 0.6) is 0 Å². The van der Waals surface area contributed by atoms with Gasteiger partial charge >= 0.3 is 0 Å². The smallest absolute Gasteiger partial charge is 0.188 e. The highest BCUT2D eigenvalue weighted by atomic mass is 16.1. The molecule has 2 aromatic rings. The molecule has 22 heavy (non-hydrogen) atoms. The first-order chi connectivity index (χ1) is 10.7. The lowest BCUT2D eigenvalue weighted by Crippen LogP contribution is -2.21. The summed E-state index contributed by atoms with van der Waals surface area (Å²) < 4.78 is 0. The predicted octanol–water partition coefficient (Wildman–Crippen LogP) is 4.82. The van der Waals surface area contributed by atoms with E-state index in [1.807, 2.05) is 43.3 Å². The Labute approximate surface area is 133 Å². The summed E-state index contributed by atoms with van der Waals surface area (Å²) in [6.07, 6.45) is 1.95. The van der Waals surface area contributed by atoms with E-state index in [9.17, 15) is 4.79 Å². The molecular weight excluding hydrogens is 270 g/mol. The lowest BCUT2D eigenvalue weighted by molar-refractivity contribution is 0.103. The molecule has 0 aliphatic rings. The highest BCUT2D eigenvalue weighted by Crippen LogP contribution is 2.18. The molecule has 0 aromatic heterocycles. The molecule has 114 valence electrons. The summed E-state index contributed by atoms with van der Waals surface area (Å²) >= 11 is 0. The average Bonchev–Trinajstić information content (AvgIpc) is 2.57. The first kappa shape index (κ1) is 16.0. The molecule has 0 unspecified atom stereocenters. The minimum atomic E-state index is 0.0772. The van der Waals surface area contributed by atoms with Gasteiger partial charge in [0.15, 0.2) is 5.78 Å². The van der Waals surface area contributed by atoms with Gasteiger partial charge in [-0.3, -0.25) is 4.79 Å². The van der Waals surface area contributed by atoms with Crippen LogP contribution in [0.1, 0.15) is 36.7 Å². The van der Waals surface area contributed by atoms with Crippen LogP contribution in [-0.2, 0) is 0 Å². The van der Waals surface area contributed by atoms with Crippen LogP contribution in [0.2, 0.25) is 0 Å². The Hall–Kier alpha value is -2.35. The molecule has 0 aliphatic carbocycles. The van der Waals surface area contributed by atoms with Gasteiger partial charge in [-0.15, -0.1) is 0 Å². The van der Waals surface area contributed by atoms with Crippen molar-refractivity contribution < 1.29 is 4.79 Å². The second-order valence-corrected chi connectivity index (χ2v) is 5.29. The maximum atomic E-state index is 12.3. The van der Waals surface area contributed by atoms with Crippen LogP contribution in [-0.4, -0.2) is 18.9 Å². The van der Waals surface area contributed by atoms with Gasteiger partial charge in [0.25, 0.3) is 0 Å². The molecule has 0 bridgehead atoms. The summed E-state index contributed by atoms with van der Waals surface area (Å²) in [5.74, 6) is 0.0772. The van der Waals surface area contributed by atoms with Gasteiger partial charge < -0.3 is 4.90 Å². The summed E-state index contributed by atoms with van der Waals surface area (Å²) in [4.78, 5) is 14.6. The molecule has 0 saturated carbocycles. The molecule has 2 rings (SSSR count). The zero-order chi connectivity index (χ0) is 15.9. The third-order valence-corrected chi connectivity index (χ3v) is 3.80. The Morgan fingerprint density at radius 2 is 1.55 bits per heavy atom. The van der Waals surface area contributed by atoms with Crippen LogP contribution in [0.3, 0.4) is 0 Å². The maximum Gasteiger partial charge on any atom is 0.188 e. The number of hydrogen-bond donors (Lipinski definition) is 0. The summed E-state index contributed by atoms with van der Waals surface area (Å²) in [6.45, 7) is 8.17. The van der Waals surface area contributed by atoms with Crippen LogP contribution in [0.15, 0.2) is 60.2 Å². The molecule has 0 aliphatic heterocycles. The molecule has 2 aromatic carbocycles. The number of allylic oxidation sites excluding steroid dienone is 1. The van der Waals surface area contributed by atoms with Crippen molar-refractivity contribution in [2.24, 2.45) is 0 Å². The highest BCUT2D eigenvalue weighted by molar-refractivity contribution is 6.10. The van der Waals surface area contributed by atoms with Gasteiger partial charge in [-0.25, -0.2) is 0 Å². The van der Waals surface area contributed by atoms with Crippen molar-refractivity contribution in [2.75, 3.05) is 18.0 Å². The van der Waals surface area contributed by atoms with Gasteiger partial charge in [-0.1, -0.05) is 42.5 Å². The molecule has 0 heterocycles. The topological polar surface area (TPSA) is 20.3 Å². The largest absolute Gasteiger partial charge is 0.372 e. The summed E-state index contributed by atoms with van der Waals surface area (Å²) in [7, 11) is 0. The Balaban J connectivity index is 2.17. The number of anilines is 1. The highest BCUT2D eigenvalue weighted by Gasteiger charge is 2.07. The Morgan fingerprint density at radius 3 is 2.09 bits per heavy atom. The van der Waals surface area contributed by atoms with E-state index in [0.29, 0.717) is 0 Å². The predicted molar refractivity (Wildman–Crippen MR) is 94.4 cm³/mol. The zero-order valence-electron chi connectivity index (χ0n) is 13.5. The molecule has 0 saturated heterocycles. The molecule has 0 spiro atoms. The summed E-state index contributed by atoms with van der Waals surface area (Å²) in [5.41, 5.74) is 3.75. The Bertz CT molecular complexity index is 637. The quantitative estimate of drug-likeness (QED) is 0.562. The lowest BCUT2D eigenvalue weighted by atomic mass is 10.0. The number of ketones is 1. The van der Waals surface area contributed by atoms with Gasteiger partial charge in [-0.2, -0.15) is 0 Å². The fourth-order valence-corrected chi connectivity index (χ4v) is 2.50. The van der Waals surface area contributed by atoms with Crippen molar-refractivity contribution in [2.45, 2.75) is 20.8 Å². The van der Waals surface area contributed by atoms with E-state index in [0.717, 1.165) is 29.8 Å². The number of carbonyl (C=O) groups is 1. The van der Waals surface area contributed by atoms with Gasteiger partial charge in [-0.05, 0) is 50.1 Å². The van der Waals surface area contributed by atoms with E-state index in [1.54, 1.807) is 0 Å². The van der Waals surface area contributed by atoms with Crippen molar-refractivity contribution in [3.63, 3.8) is 0 Å². The van der Waals surface area contributed by atoms with Gasteiger partial charge in [0, 0.05) is 24.3 Å². The lowest BCUT2D eigenvalue weighted by Gasteiger charge is -2.20. The van der Waals surface area contributed by atoms with Crippen molar-refractivity contribution >= 4 is 17.5 Å². The SMILES string of the molecule is CCN(CC)c1ccc(C=C(C)C(=O)c2ccccc2)cc1. The molecule has 0 radical (unpaired) electrons. The minimum Gasteiger partial charge on any atom is -0.372 e. The van der Waals surface area contributed by atoms with E-state index in [1.165, 1.54) is 5.69 Å². The van der Waals surface area contributed by atoms with Gasteiger partial charge in [0.05, 0.1) is 0 Å².